The van der Waals surface area contributed by atoms with Crippen LogP contribution >= 0.6 is 0 Å². The molecule has 2 N–H and O–H groups in total. The van der Waals surface area contributed by atoms with E-state index in [1.807, 2.05) is 55.5 Å². The molecular weight excluding hydrogens is 300 g/mol. The lowest BCUT2D eigenvalue weighted by molar-refractivity contribution is 0.997. The second-order valence-electron chi connectivity index (χ2n) is 5.42. The van der Waals surface area contributed by atoms with Gasteiger partial charge in [-0.15, -0.1) is 10.2 Å². The van der Waals surface area contributed by atoms with E-state index >= 15 is 0 Å². The van der Waals surface area contributed by atoms with E-state index in [1.165, 1.54) is 0 Å². The number of anilines is 1. The Kier molecular flexibility index (Phi) is 3.35. The van der Waals surface area contributed by atoms with Crippen LogP contribution in [0.25, 0.3) is 33.4 Å². The Morgan fingerprint density at radius 2 is 1.67 bits per heavy atom. The summed E-state index contributed by atoms with van der Waals surface area (Å²) in [6.45, 7) is 1.96. The normalized spacial score (nSPS) is 10.9. The summed E-state index contributed by atoms with van der Waals surface area (Å²) in [5.74, 6) is 0.151. The van der Waals surface area contributed by atoms with Crippen molar-refractivity contribution in [2.24, 2.45) is 0 Å². The maximum atomic E-state index is 5.75. The summed E-state index contributed by atoms with van der Waals surface area (Å²) < 4.78 is 0. The van der Waals surface area contributed by atoms with Crippen LogP contribution < -0.4 is 5.73 Å². The number of hydrogen-bond donors (Lipinski definition) is 1. The van der Waals surface area contributed by atoms with E-state index in [2.05, 4.69) is 25.1 Å². The van der Waals surface area contributed by atoms with Crippen molar-refractivity contribution in [3.8, 4) is 22.5 Å². The highest BCUT2D eigenvalue weighted by Gasteiger charge is 2.13. The minimum Gasteiger partial charge on any atom is -0.366 e. The van der Waals surface area contributed by atoms with Gasteiger partial charge in [0, 0.05) is 22.2 Å². The number of nitrogen functional groups attached to an aromatic ring is 1. The zero-order valence-corrected chi connectivity index (χ0v) is 13.0. The van der Waals surface area contributed by atoms with E-state index in [0.717, 1.165) is 27.7 Å². The van der Waals surface area contributed by atoms with Crippen LogP contribution in [-0.4, -0.2) is 25.1 Å². The first-order valence-corrected chi connectivity index (χ1v) is 7.50. The minimum absolute atomic E-state index is 0.151. The van der Waals surface area contributed by atoms with Crippen LogP contribution in [0.1, 0.15) is 5.69 Å². The van der Waals surface area contributed by atoms with Crippen molar-refractivity contribution in [1.82, 2.24) is 25.1 Å². The summed E-state index contributed by atoms with van der Waals surface area (Å²) in [6.07, 6.45) is 1.57. The monoisotopic (exact) mass is 314 g/mol. The summed E-state index contributed by atoms with van der Waals surface area (Å²) in [5, 5.41) is 9.19. The third kappa shape index (κ3) is 2.44. The van der Waals surface area contributed by atoms with Gasteiger partial charge in [0.1, 0.15) is 17.7 Å². The van der Waals surface area contributed by atoms with Gasteiger partial charge < -0.3 is 5.73 Å². The molecule has 0 amide bonds. The Balaban J connectivity index is 1.96. The van der Waals surface area contributed by atoms with E-state index < -0.39 is 0 Å². The van der Waals surface area contributed by atoms with Crippen molar-refractivity contribution in [3.05, 3.63) is 60.6 Å². The standard InChI is InChI=1S/C18H14N6/c1-11-14-9-13(7-8-15(14)21-10-20-11)17-16(22-18(19)24-23-17)12-5-3-2-4-6-12/h2-10H,1H3,(H2,19,22,24). The molecule has 0 spiro atoms. The van der Waals surface area contributed by atoms with Gasteiger partial charge in [-0.1, -0.05) is 36.4 Å². The summed E-state index contributed by atoms with van der Waals surface area (Å²) in [7, 11) is 0. The Hall–Kier alpha value is -3.41. The lowest BCUT2D eigenvalue weighted by Gasteiger charge is -2.09. The van der Waals surface area contributed by atoms with Crippen molar-refractivity contribution in [3.63, 3.8) is 0 Å². The predicted octanol–water partition coefficient (Wildman–Crippen LogP) is 3.04. The first kappa shape index (κ1) is 14.2. The molecule has 4 rings (SSSR count). The molecule has 0 unspecified atom stereocenters. The van der Waals surface area contributed by atoms with Crippen LogP contribution in [0.2, 0.25) is 0 Å². The number of aryl methyl sites for hydroxylation is 1. The highest BCUT2D eigenvalue weighted by atomic mass is 15.2. The van der Waals surface area contributed by atoms with Crippen LogP contribution in [0.4, 0.5) is 5.95 Å². The van der Waals surface area contributed by atoms with Crippen molar-refractivity contribution >= 4 is 16.9 Å². The third-order valence-electron chi connectivity index (χ3n) is 3.86. The highest BCUT2D eigenvalue weighted by molar-refractivity contribution is 5.88. The Morgan fingerprint density at radius 3 is 2.50 bits per heavy atom. The molecule has 0 fully saturated rings. The molecule has 2 heterocycles. The Morgan fingerprint density at radius 1 is 0.833 bits per heavy atom. The fraction of sp³-hybridized carbons (Fsp3) is 0.0556. The van der Waals surface area contributed by atoms with Gasteiger partial charge in [0.05, 0.1) is 5.52 Å². The third-order valence-corrected chi connectivity index (χ3v) is 3.86. The van der Waals surface area contributed by atoms with Gasteiger partial charge in [0.2, 0.25) is 5.95 Å². The van der Waals surface area contributed by atoms with E-state index in [9.17, 15) is 0 Å². The zero-order chi connectivity index (χ0) is 16.5. The molecule has 0 atom stereocenters. The van der Waals surface area contributed by atoms with Crippen molar-refractivity contribution in [2.75, 3.05) is 5.73 Å². The molecule has 116 valence electrons. The lowest BCUT2D eigenvalue weighted by atomic mass is 10.0. The summed E-state index contributed by atoms with van der Waals surface area (Å²) in [4.78, 5) is 12.9. The molecule has 24 heavy (non-hydrogen) atoms. The molecule has 0 aliphatic rings. The number of fused-ring (bicyclic) bond motifs is 1. The van der Waals surface area contributed by atoms with E-state index in [-0.39, 0.29) is 5.95 Å². The maximum absolute atomic E-state index is 5.75. The number of nitrogens with zero attached hydrogens (tertiary/aromatic N) is 5. The maximum Gasteiger partial charge on any atom is 0.240 e. The zero-order valence-electron chi connectivity index (χ0n) is 13.0. The largest absolute Gasteiger partial charge is 0.366 e. The fourth-order valence-corrected chi connectivity index (χ4v) is 2.66. The van der Waals surface area contributed by atoms with Crippen LogP contribution in [-0.2, 0) is 0 Å². The minimum atomic E-state index is 0.151. The average Bonchev–Trinajstić information content (AvgIpc) is 2.63. The van der Waals surface area contributed by atoms with Crippen molar-refractivity contribution < 1.29 is 0 Å². The number of nitrogens with two attached hydrogens (primary N) is 1. The molecule has 0 radical (unpaired) electrons. The molecule has 6 nitrogen and oxygen atoms in total. The lowest BCUT2D eigenvalue weighted by Crippen LogP contribution is -2.02. The second kappa shape index (κ2) is 5.66. The van der Waals surface area contributed by atoms with Crippen LogP contribution in [0.15, 0.2) is 54.9 Å². The molecule has 6 heteroatoms. The summed E-state index contributed by atoms with van der Waals surface area (Å²) >= 11 is 0. The highest BCUT2D eigenvalue weighted by Crippen LogP contribution is 2.30. The molecule has 0 bridgehead atoms. The van der Waals surface area contributed by atoms with Gasteiger partial charge in [-0.05, 0) is 19.1 Å². The van der Waals surface area contributed by atoms with Gasteiger partial charge in [-0.25, -0.2) is 15.0 Å². The summed E-state index contributed by atoms with van der Waals surface area (Å²) in [6, 6.07) is 15.7. The van der Waals surface area contributed by atoms with E-state index in [4.69, 9.17) is 5.73 Å². The van der Waals surface area contributed by atoms with Crippen LogP contribution in [0, 0.1) is 6.92 Å². The number of aromatic nitrogens is 5. The van der Waals surface area contributed by atoms with Gasteiger partial charge in [-0.2, -0.15) is 0 Å². The molecule has 0 saturated heterocycles. The Bertz CT molecular complexity index is 1030. The molecule has 0 saturated carbocycles. The van der Waals surface area contributed by atoms with Crippen LogP contribution in [0.3, 0.4) is 0 Å². The summed E-state index contributed by atoms with van der Waals surface area (Å²) in [5.41, 5.74) is 10.8. The number of hydrogen-bond acceptors (Lipinski definition) is 6. The molecule has 2 aromatic carbocycles. The van der Waals surface area contributed by atoms with Gasteiger partial charge >= 0.3 is 0 Å². The van der Waals surface area contributed by atoms with E-state index in [0.29, 0.717) is 11.4 Å². The van der Waals surface area contributed by atoms with E-state index in [1.54, 1.807) is 6.33 Å². The van der Waals surface area contributed by atoms with Gasteiger partial charge in [0.25, 0.3) is 0 Å². The molecule has 0 aliphatic heterocycles. The van der Waals surface area contributed by atoms with Gasteiger partial charge in [-0.3, -0.25) is 0 Å². The fourth-order valence-electron chi connectivity index (χ4n) is 2.66. The van der Waals surface area contributed by atoms with Crippen LogP contribution in [0.5, 0.6) is 0 Å². The quantitative estimate of drug-likeness (QED) is 0.611. The van der Waals surface area contributed by atoms with Crippen molar-refractivity contribution in [1.29, 1.82) is 0 Å². The topological polar surface area (TPSA) is 90.5 Å². The first-order chi connectivity index (χ1) is 11.7. The first-order valence-electron chi connectivity index (χ1n) is 7.50. The van der Waals surface area contributed by atoms with Crippen molar-refractivity contribution in [2.45, 2.75) is 6.92 Å². The molecule has 2 aromatic heterocycles. The molecule has 4 aromatic rings. The number of rotatable bonds is 2. The number of benzene rings is 2. The average molecular weight is 314 g/mol. The molecule has 0 aliphatic carbocycles. The second-order valence-corrected chi connectivity index (χ2v) is 5.42. The Labute approximate surface area is 138 Å². The smallest absolute Gasteiger partial charge is 0.240 e. The predicted molar refractivity (Wildman–Crippen MR) is 92.9 cm³/mol. The molecular formula is C18H14N6. The SMILES string of the molecule is Cc1ncnc2ccc(-c3nnc(N)nc3-c3ccccc3)cc12. The van der Waals surface area contributed by atoms with Gasteiger partial charge in [0.15, 0.2) is 0 Å².